The molecular formula is C34H36ClNO7S. The van der Waals surface area contributed by atoms with Gasteiger partial charge in [-0.3, -0.25) is 4.79 Å². The van der Waals surface area contributed by atoms with E-state index in [0.717, 1.165) is 11.1 Å². The second-order valence-corrected chi connectivity index (χ2v) is 14.3. The van der Waals surface area contributed by atoms with Gasteiger partial charge in [0.25, 0.3) is 0 Å². The van der Waals surface area contributed by atoms with Crippen LogP contribution in [0.5, 0.6) is 0 Å². The van der Waals surface area contributed by atoms with Crippen LogP contribution in [0, 0.1) is 0 Å². The van der Waals surface area contributed by atoms with Crippen molar-refractivity contribution in [1.82, 2.24) is 4.90 Å². The maximum absolute atomic E-state index is 13.7. The Balaban J connectivity index is 1.50. The molecule has 1 amide bonds. The third-order valence-corrected chi connectivity index (χ3v) is 9.85. The van der Waals surface area contributed by atoms with Gasteiger partial charge in [-0.15, -0.1) is 0 Å². The highest BCUT2D eigenvalue weighted by molar-refractivity contribution is 7.93. The average molecular weight is 638 g/mol. The fourth-order valence-corrected chi connectivity index (χ4v) is 6.75. The Morgan fingerprint density at radius 3 is 2.27 bits per heavy atom. The van der Waals surface area contributed by atoms with Crippen LogP contribution in [-0.4, -0.2) is 59.0 Å². The first-order valence-corrected chi connectivity index (χ1v) is 16.0. The molecule has 4 rings (SSSR count). The molecule has 44 heavy (non-hydrogen) atoms. The number of carboxylic acids is 1. The summed E-state index contributed by atoms with van der Waals surface area (Å²) in [6, 6.07) is 22.0. The number of hydrogen-bond donors (Lipinski definition) is 2. The van der Waals surface area contributed by atoms with E-state index in [1.807, 2.05) is 30.3 Å². The van der Waals surface area contributed by atoms with Gasteiger partial charge in [0.05, 0.1) is 17.5 Å². The van der Waals surface area contributed by atoms with E-state index in [-0.39, 0.29) is 24.4 Å². The van der Waals surface area contributed by atoms with Gasteiger partial charge in [0, 0.05) is 18.0 Å². The predicted molar refractivity (Wildman–Crippen MR) is 170 cm³/mol. The Hall–Kier alpha value is -3.92. The van der Waals surface area contributed by atoms with Crippen molar-refractivity contribution in [2.24, 2.45) is 0 Å². The molecule has 3 aromatic rings. The molecule has 232 valence electrons. The Morgan fingerprint density at radius 2 is 1.70 bits per heavy atom. The molecule has 0 aliphatic heterocycles. The highest BCUT2D eigenvalue weighted by Crippen LogP contribution is 2.37. The van der Waals surface area contributed by atoms with Gasteiger partial charge in [-0.2, -0.15) is 0 Å². The van der Waals surface area contributed by atoms with E-state index in [1.165, 1.54) is 23.1 Å². The van der Waals surface area contributed by atoms with Crippen LogP contribution in [0.2, 0.25) is 5.02 Å². The second-order valence-electron chi connectivity index (χ2n) is 11.7. The fraction of sp³-hybridized carbons (Fsp3) is 0.294. The van der Waals surface area contributed by atoms with E-state index in [4.69, 9.17) is 16.3 Å². The van der Waals surface area contributed by atoms with Gasteiger partial charge in [0.2, 0.25) is 0 Å². The molecule has 1 aliphatic carbocycles. The van der Waals surface area contributed by atoms with Gasteiger partial charge in [-0.05, 0) is 73.7 Å². The van der Waals surface area contributed by atoms with Crippen molar-refractivity contribution in [3.63, 3.8) is 0 Å². The molecule has 0 fully saturated rings. The third-order valence-electron chi connectivity index (χ3n) is 7.29. The summed E-state index contributed by atoms with van der Waals surface area (Å²) in [6.07, 6.45) is 2.93. The molecule has 1 aliphatic rings. The number of benzene rings is 3. The number of carbonyl (C=O) groups excluding carboxylic acids is 1. The molecule has 0 saturated carbocycles. The number of sulfone groups is 1. The number of amides is 1. The second kappa shape index (κ2) is 13.4. The minimum absolute atomic E-state index is 0.0479. The standard InChI is InChI=1S/C34H36ClNO7S/c1-33(2,3)43-32(40)36(23-30(37)27-10-7-11-28(35)22-27)21-18-24-12-14-29(15-13-24)44(41,42)34(31(38)39)19-16-26(17-20-34)25-8-5-4-6-9-25/h4-17,19,22,30,37H,18,20-21,23H2,1-3H3,(H,38,39)/t30-,34?/m0/s1. The SMILES string of the molecule is CC(C)(C)OC(=O)N(CCc1ccc(S(=O)(=O)C2(C(=O)O)C=CC(c3ccccc3)=CC2)cc1)C[C@H](O)c1cccc(Cl)c1. The Morgan fingerprint density at radius 1 is 1.02 bits per heavy atom. The number of allylic oxidation sites excluding steroid dienone is 3. The molecule has 0 spiro atoms. The van der Waals surface area contributed by atoms with Gasteiger partial charge in [0.1, 0.15) is 5.60 Å². The number of rotatable bonds is 10. The molecule has 10 heteroatoms. The fourth-order valence-electron chi connectivity index (χ4n) is 4.86. The number of carboxylic acid groups (broad SMARTS) is 1. The lowest BCUT2D eigenvalue weighted by Crippen LogP contribution is -2.45. The van der Waals surface area contributed by atoms with E-state index in [2.05, 4.69) is 0 Å². The van der Waals surface area contributed by atoms with E-state index in [1.54, 1.807) is 69.3 Å². The van der Waals surface area contributed by atoms with Crippen LogP contribution >= 0.6 is 11.6 Å². The summed E-state index contributed by atoms with van der Waals surface area (Å²) in [5.41, 5.74) is 2.13. The van der Waals surface area contributed by atoms with Gasteiger partial charge < -0.3 is 19.8 Å². The number of aliphatic carboxylic acids is 1. The van der Waals surface area contributed by atoms with Gasteiger partial charge in [-0.25, -0.2) is 13.2 Å². The van der Waals surface area contributed by atoms with Gasteiger partial charge >= 0.3 is 12.1 Å². The van der Waals surface area contributed by atoms with Crippen LogP contribution in [0.4, 0.5) is 4.79 Å². The van der Waals surface area contributed by atoms with Crippen molar-refractivity contribution >= 4 is 39.1 Å². The number of aliphatic hydroxyl groups excluding tert-OH is 1. The molecule has 1 unspecified atom stereocenters. The highest BCUT2D eigenvalue weighted by Gasteiger charge is 2.50. The van der Waals surface area contributed by atoms with E-state index >= 15 is 0 Å². The van der Waals surface area contributed by atoms with Crippen molar-refractivity contribution in [3.05, 3.63) is 119 Å². The predicted octanol–water partition coefficient (Wildman–Crippen LogP) is 6.49. The lowest BCUT2D eigenvalue weighted by molar-refractivity contribution is -0.138. The quantitative estimate of drug-likeness (QED) is 0.260. The maximum atomic E-state index is 13.7. The summed E-state index contributed by atoms with van der Waals surface area (Å²) in [7, 11) is -4.32. The minimum atomic E-state index is -4.32. The first-order valence-electron chi connectivity index (χ1n) is 14.1. The Labute approximate surface area is 263 Å². The van der Waals surface area contributed by atoms with E-state index in [0.29, 0.717) is 22.6 Å². The van der Waals surface area contributed by atoms with Crippen LogP contribution in [0.25, 0.3) is 5.57 Å². The highest BCUT2D eigenvalue weighted by atomic mass is 35.5. The first-order chi connectivity index (χ1) is 20.7. The monoisotopic (exact) mass is 637 g/mol. The molecule has 3 aromatic carbocycles. The largest absolute Gasteiger partial charge is 0.480 e. The molecule has 0 heterocycles. The Bertz CT molecular complexity index is 1660. The summed E-state index contributed by atoms with van der Waals surface area (Å²) in [6.45, 7) is 5.37. The van der Waals surface area contributed by atoms with Crippen LogP contribution in [0.15, 0.2) is 102 Å². The number of carbonyl (C=O) groups is 2. The zero-order valence-electron chi connectivity index (χ0n) is 24.8. The number of ether oxygens (including phenoxy) is 1. The molecule has 0 bridgehead atoms. The summed E-state index contributed by atoms with van der Waals surface area (Å²) >= 11 is 6.07. The topological polar surface area (TPSA) is 121 Å². The zero-order valence-corrected chi connectivity index (χ0v) is 26.4. The lowest BCUT2D eigenvalue weighted by atomic mass is 9.92. The van der Waals surface area contributed by atoms with Crippen LogP contribution in [0.3, 0.4) is 0 Å². The van der Waals surface area contributed by atoms with Crippen molar-refractivity contribution in [3.8, 4) is 0 Å². The first kappa shape index (κ1) is 33.0. The normalized spacial score (nSPS) is 17.4. The van der Waals surface area contributed by atoms with Crippen LogP contribution in [-0.2, 0) is 25.8 Å². The molecule has 0 saturated heterocycles. The van der Waals surface area contributed by atoms with Crippen molar-refractivity contribution < 1.29 is 33.0 Å². The summed E-state index contributed by atoms with van der Waals surface area (Å²) < 4.78 is 30.8. The minimum Gasteiger partial charge on any atom is -0.480 e. The van der Waals surface area contributed by atoms with Crippen LogP contribution < -0.4 is 0 Å². The summed E-state index contributed by atoms with van der Waals surface area (Å²) in [4.78, 5) is 26.7. The number of nitrogens with zero attached hydrogens (tertiary/aromatic N) is 1. The smallest absolute Gasteiger partial charge is 0.410 e. The van der Waals surface area contributed by atoms with E-state index in [9.17, 15) is 28.2 Å². The molecular weight excluding hydrogens is 602 g/mol. The molecule has 0 radical (unpaired) electrons. The molecule has 8 nitrogen and oxygen atoms in total. The molecule has 0 aromatic heterocycles. The third kappa shape index (κ3) is 7.59. The van der Waals surface area contributed by atoms with Crippen molar-refractivity contribution in [2.45, 2.75) is 55.0 Å². The molecule has 2 atom stereocenters. The van der Waals surface area contributed by atoms with Crippen LogP contribution in [0.1, 0.15) is 50.0 Å². The molecule has 2 N–H and O–H groups in total. The number of aliphatic hydroxyl groups is 1. The maximum Gasteiger partial charge on any atom is 0.410 e. The number of hydrogen-bond acceptors (Lipinski definition) is 6. The lowest BCUT2D eigenvalue weighted by Gasteiger charge is -2.29. The van der Waals surface area contributed by atoms with Gasteiger partial charge in [-0.1, -0.05) is 84.4 Å². The van der Waals surface area contributed by atoms with Crippen molar-refractivity contribution in [1.29, 1.82) is 0 Å². The van der Waals surface area contributed by atoms with Crippen molar-refractivity contribution in [2.75, 3.05) is 13.1 Å². The Kier molecular flexibility index (Phi) is 10.0. The zero-order chi connectivity index (χ0) is 32.1. The summed E-state index contributed by atoms with van der Waals surface area (Å²) in [5.74, 6) is -1.45. The van der Waals surface area contributed by atoms with E-state index < -0.39 is 38.4 Å². The average Bonchev–Trinajstić information content (AvgIpc) is 2.98. The number of halogens is 1. The summed E-state index contributed by atoms with van der Waals surface area (Å²) in [5, 5.41) is 21.4. The van der Waals surface area contributed by atoms with Gasteiger partial charge in [0.15, 0.2) is 14.6 Å².